The summed E-state index contributed by atoms with van der Waals surface area (Å²) in [4.78, 5) is 28.3. The minimum Gasteiger partial charge on any atom is -0.468 e. The largest absolute Gasteiger partial charge is 0.468 e. The molecule has 1 aliphatic rings. The maximum absolute atomic E-state index is 12.1. The van der Waals surface area contributed by atoms with Gasteiger partial charge in [0.25, 0.3) is 0 Å². The van der Waals surface area contributed by atoms with E-state index in [0.717, 1.165) is 0 Å². The molecular weight excluding hydrogens is 329 g/mol. The molecule has 0 saturated carbocycles. The average Bonchev–Trinajstić information content (AvgIpc) is 2.53. The van der Waals surface area contributed by atoms with Crippen LogP contribution in [0.5, 0.6) is 5.88 Å². The van der Waals surface area contributed by atoms with Gasteiger partial charge in [-0.25, -0.2) is 9.78 Å². The third kappa shape index (κ3) is 5.28. The number of likely N-dealkylation sites (tertiary alicyclic amines) is 1. The number of nitrogens with two attached hydrogens (primary N) is 1. The Morgan fingerprint density at radius 2 is 2.00 bits per heavy atom. The van der Waals surface area contributed by atoms with Crippen LogP contribution in [0.4, 0.5) is 23.7 Å². The molecule has 132 valence electrons. The topological polar surface area (TPSA) is 97.6 Å². The van der Waals surface area contributed by atoms with Gasteiger partial charge in [-0.3, -0.25) is 4.79 Å². The van der Waals surface area contributed by atoms with Crippen LogP contribution in [0.25, 0.3) is 0 Å². The highest BCUT2D eigenvalue weighted by molar-refractivity contribution is 5.92. The number of hydrogen-bond acceptors (Lipinski definition) is 4. The predicted octanol–water partition coefficient (Wildman–Crippen LogP) is 1.75. The molecule has 1 saturated heterocycles. The summed E-state index contributed by atoms with van der Waals surface area (Å²) in [7, 11) is 0. The summed E-state index contributed by atoms with van der Waals surface area (Å²) in [6.45, 7) is -0.601. The Labute approximate surface area is 136 Å². The Hall–Kier alpha value is -2.52. The maximum atomic E-state index is 12.1. The van der Waals surface area contributed by atoms with Gasteiger partial charge in [0.2, 0.25) is 11.8 Å². The number of urea groups is 1. The third-order valence-electron chi connectivity index (χ3n) is 3.57. The number of alkyl halides is 3. The molecule has 1 fully saturated rings. The van der Waals surface area contributed by atoms with E-state index in [9.17, 15) is 22.8 Å². The Morgan fingerprint density at radius 3 is 2.50 bits per heavy atom. The van der Waals surface area contributed by atoms with E-state index in [1.807, 2.05) is 0 Å². The van der Waals surface area contributed by atoms with Crippen LogP contribution in [0.2, 0.25) is 0 Å². The minimum atomic E-state index is -4.44. The number of halogens is 3. The highest BCUT2D eigenvalue weighted by atomic mass is 19.4. The lowest BCUT2D eigenvalue weighted by Gasteiger charge is -2.29. The van der Waals surface area contributed by atoms with Crippen molar-refractivity contribution >= 4 is 17.6 Å². The van der Waals surface area contributed by atoms with Gasteiger partial charge in [0, 0.05) is 25.1 Å². The van der Waals surface area contributed by atoms with Crippen molar-refractivity contribution in [2.75, 3.05) is 25.0 Å². The second kappa shape index (κ2) is 7.37. The van der Waals surface area contributed by atoms with Gasteiger partial charge in [-0.15, -0.1) is 0 Å². The monoisotopic (exact) mass is 346 g/mol. The molecule has 1 aliphatic heterocycles. The molecule has 0 spiro atoms. The number of carbonyl (C=O) groups excluding carboxylic acids is 2. The standard InChI is InChI=1S/C14H17F3N4O3/c15-14(16,17)8-24-11-2-1-10(7-19-11)20-12(22)9-3-5-21(6-4-9)13(18)23/h1-2,7,9H,3-6,8H2,(H2,18,23)(H,20,22). The molecule has 2 heterocycles. The zero-order chi connectivity index (χ0) is 17.7. The van der Waals surface area contributed by atoms with Crippen LogP contribution in [-0.4, -0.2) is 47.7 Å². The van der Waals surface area contributed by atoms with Crippen molar-refractivity contribution in [1.82, 2.24) is 9.88 Å². The quantitative estimate of drug-likeness (QED) is 0.868. The molecule has 0 aromatic carbocycles. The summed E-state index contributed by atoms with van der Waals surface area (Å²) in [5, 5.41) is 2.64. The van der Waals surface area contributed by atoms with Crippen molar-refractivity contribution in [3.63, 3.8) is 0 Å². The Balaban J connectivity index is 1.83. The number of nitrogens with one attached hydrogen (secondary N) is 1. The number of aromatic nitrogens is 1. The molecule has 10 heteroatoms. The van der Waals surface area contributed by atoms with Crippen LogP contribution in [0.3, 0.4) is 0 Å². The van der Waals surface area contributed by atoms with Gasteiger partial charge in [-0.1, -0.05) is 0 Å². The highest BCUT2D eigenvalue weighted by Crippen LogP contribution is 2.21. The molecule has 2 rings (SSSR count). The molecule has 0 bridgehead atoms. The first kappa shape index (κ1) is 17.8. The third-order valence-corrected chi connectivity index (χ3v) is 3.57. The molecule has 0 unspecified atom stereocenters. The van der Waals surface area contributed by atoms with Gasteiger partial charge in [0.05, 0.1) is 11.9 Å². The van der Waals surface area contributed by atoms with Crippen molar-refractivity contribution in [1.29, 1.82) is 0 Å². The second-order valence-electron chi connectivity index (χ2n) is 5.38. The normalized spacial score (nSPS) is 15.9. The smallest absolute Gasteiger partial charge is 0.422 e. The first-order chi connectivity index (χ1) is 11.2. The molecular formula is C14H17F3N4O3. The number of anilines is 1. The van der Waals surface area contributed by atoms with E-state index in [1.165, 1.54) is 23.2 Å². The lowest BCUT2D eigenvalue weighted by Crippen LogP contribution is -2.43. The van der Waals surface area contributed by atoms with Gasteiger partial charge in [-0.05, 0) is 18.9 Å². The number of primary amides is 1. The van der Waals surface area contributed by atoms with Crippen molar-refractivity contribution < 1.29 is 27.5 Å². The zero-order valence-electron chi connectivity index (χ0n) is 12.7. The SMILES string of the molecule is NC(=O)N1CCC(C(=O)Nc2ccc(OCC(F)(F)F)nc2)CC1. The number of pyridine rings is 1. The summed E-state index contributed by atoms with van der Waals surface area (Å²) in [6, 6.07) is 2.15. The van der Waals surface area contributed by atoms with Crippen molar-refractivity contribution in [2.45, 2.75) is 19.0 Å². The van der Waals surface area contributed by atoms with Crippen molar-refractivity contribution in [3.05, 3.63) is 18.3 Å². The maximum Gasteiger partial charge on any atom is 0.422 e. The van der Waals surface area contributed by atoms with Crippen molar-refractivity contribution in [2.24, 2.45) is 11.7 Å². The van der Waals surface area contributed by atoms with E-state index < -0.39 is 18.8 Å². The fourth-order valence-corrected chi connectivity index (χ4v) is 2.30. The van der Waals surface area contributed by atoms with E-state index in [-0.39, 0.29) is 17.7 Å². The zero-order valence-corrected chi connectivity index (χ0v) is 12.7. The van der Waals surface area contributed by atoms with E-state index in [0.29, 0.717) is 31.6 Å². The summed E-state index contributed by atoms with van der Waals surface area (Å²) in [5.41, 5.74) is 5.53. The summed E-state index contributed by atoms with van der Waals surface area (Å²) < 4.78 is 40.6. The molecule has 0 aliphatic carbocycles. The van der Waals surface area contributed by atoms with Crippen LogP contribution in [0.15, 0.2) is 18.3 Å². The molecule has 7 nitrogen and oxygen atoms in total. The molecule has 1 aromatic heterocycles. The fraction of sp³-hybridized carbons (Fsp3) is 0.500. The second-order valence-corrected chi connectivity index (χ2v) is 5.38. The highest BCUT2D eigenvalue weighted by Gasteiger charge is 2.29. The Bertz CT molecular complexity index is 584. The molecule has 3 amide bonds. The number of rotatable bonds is 4. The van der Waals surface area contributed by atoms with Crippen molar-refractivity contribution in [3.8, 4) is 5.88 Å². The van der Waals surface area contributed by atoms with Gasteiger partial charge < -0.3 is 20.7 Å². The summed E-state index contributed by atoms with van der Waals surface area (Å²) in [5.74, 6) is -0.674. The van der Waals surface area contributed by atoms with Crippen LogP contribution in [0.1, 0.15) is 12.8 Å². The van der Waals surface area contributed by atoms with Crippen LogP contribution >= 0.6 is 0 Å². The van der Waals surface area contributed by atoms with Gasteiger partial charge in [0.1, 0.15) is 0 Å². The predicted molar refractivity (Wildman–Crippen MR) is 78.3 cm³/mol. The molecule has 1 aromatic rings. The number of piperidine rings is 1. The van der Waals surface area contributed by atoms with E-state index >= 15 is 0 Å². The fourth-order valence-electron chi connectivity index (χ4n) is 2.30. The van der Waals surface area contributed by atoms with E-state index in [2.05, 4.69) is 15.0 Å². The number of amides is 3. The molecule has 24 heavy (non-hydrogen) atoms. The Kier molecular flexibility index (Phi) is 5.47. The summed E-state index contributed by atoms with van der Waals surface area (Å²) >= 11 is 0. The van der Waals surface area contributed by atoms with E-state index in [1.54, 1.807) is 0 Å². The van der Waals surface area contributed by atoms with Gasteiger partial charge in [-0.2, -0.15) is 13.2 Å². The van der Waals surface area contributed by atoms with Crippen LogP contribution in [0, 0.1) is 5.92 Å². The molecule has 3 N–H and O–H groups in total. The molecule has 0 radical (unpaired) electrons. The lowest BCUT2D eigenvalue weighted by molar-refractivity contribution is -0.154. The number of hydrogen-bond donors (Lipinski definition) is 2. The van der Waals surface area contributed by atoms with Gasteiger partial charge >= 0.3 is 12.2 Å². The van der Waals surface area contributed by atoms with Crippen LogP contribution < -0.4 is 15.8 Å². The minimum absolute atomic E-state index is 0.180. The van der Waals surface area contributed by atoms with Gasteiger partial charge in [0.15, 0.2) is 6.61 Å². The molecule has 0 atom stereocenters. The first-order valence-corrected chi connectivity index (χ1v) is 7.25. The summed E-state index contributed by atoms with van der Waals surface area (Å²) in [6.07, 6.45) is -2.22. The number of ether oxygens (including phenoxy) is 1. The number of nitrogens with zero attached hydrogens (tertiary/aromatic N) is 2. The van der Waals surface area contributed by atoms with Crippen LogP contribution in [-0.2, 0) is 4.79 Å². The lowest BCUT2D eigenvalue weighted by atomic mass is 9.96. The Morgan fingerprint density at radius 1 is 1.33 bits per heavy atom. The average molecular weight is 346 g/mol. The van der Waals surface area contributed by atoms with E-state index in [4.69, 9.17) is 5.73 Å². The number of carbonyl (C=O) groups is 2. The first-order valence-electron chi connectivity index (χ1n) is 7.25.